The highest BCUT2D eigenvalue weighted by atomic mass is 31.2. The van der Waals surface area contributed by atoms with Gasteiger partial charge in [0, 0.05) is 6.66 Å². The summed E-state index contributed by atoms with van der Waals surface area (Å²) in [5.74, 6) is 0. The summed E-state index contributed by atoms with van der Waals surface area (Å²) in [5, 5.41) is 0. The second-order valence-electron chi connectivity index (χ2n) is 4.17. The Morgan fingerprint density at radius 3 is 1.53 bits per heavy atom. The van der Waals surface area contributed by atoms with Crippen LogP contribution in [0, 0.1) is 0 Å². The highest BCUT2D eigenvalue weighted by molar-refractivity contribution is 7.57. The maximum atomic E-state index is 12.1. The summed E-state index contributed by atoms with van der Waals surface area (Å²) >= 11 is 0. The molecule has 2 nitrogen and oxygen atoms in total. The summed E-state index contributed by atoms with van der Waals surface area (Å²) in [6, 6.07) is 18.9. The van der Waals surface area contributed by atoms with E-state index >= 15 is 0 Å². The lowest BCUT2D eigenvalue weighted by molar-refractivity contribution is 0.477. The zero-order chi connectivity index (χ0) is 12.3. The van der Waals surface area contributed by atoms with Crippen molar-refractivity contribution in [3.63, 3.8) is 0 Å². The summed E-state index contributed by atoms with van der Waals surface area (Å²) in [6.45, 7) is 1.41. The molecule has 0 radical (unpaired) electrons. The molecule has 0 saturated carbocycles. The first kappa shape index (κ1) is 12.1. The fraction of sp³-hybridized carbons (Fsp3) is 0.143. The van der Waals surface area contributed by atoms with E-state index in [4.69, 9.17) is 0 Å². The van der Waals surface area contributed by atoms with Crippen molar-refractivity contribution >= 4 is 7.37 Å². The van der Waals surface area contributed by atoms with E-state index in [0.29, 0.717) is 0 Å². The van der Waals surface area contributed by atoms with Gasteiger partial charge in [-0.25, -0.2) is 0 Å². The van der Waals surface area contributed by atoms with E-state index in [9.17, 15) is 9.46 Å². The van der Waals surface area contributed by atoms with Crippen molar-refractivity contribution < 1.29 is 9.46 Å². The van der Waals surface area contributed by atoms with Crippen molar-refractivity contribution in [2.24, 2.45) is 0 Å². The van der Waals surface area contributed by atoms with Crippen molar-refractivity contribution in [2.75, 3.05) is 6.66 Å². The quantitative estimate of drug-likeness (QED) is 0.839. The molecule has 88 valence electrons. The van der Waals surface area contributed by atoms with Crippen LogP contribution in [0.25, 0.3) is 0 Å². The van der Waals surface area contributed by atoms with Gasteiger partial charge >= 0.3 is 0 Å². The molecule has 0 aromatic heterocycles. The molecule has 0 fully saturated rings. The Hall–Kier alpha value is -1.37. The molecule has 0 aliphatic rings. The molecule has 0 saturated heterocycles. The largest absolute Gasteiger partial charge is 0.344 e. The van der Waals surface area contributed by atoms with E-state index in [1.54, 1.807) is 0 Å². The Labute approximate surface area is 101 Å². The Morgan fingerprint density at radius 1 is 0.882 bits per heavy atom. The summed E-state index contributed by atoms with van der Waals surface area (Å²) in [7, 11) is -3.22. The molecule has 1 N–H and O–H groups in total. The molecule has 2 rings (SSSR count). The first-order valence-electron chi connectivity index (χ1n) is 5.49. The van der Waals surface area contributed by atoms with Crippen molar-refractivity contribution in [2.45, 2.75) is 5.66 Å². The molecule has 1 atom stereocenters. The standard InChI is InChI=1S/C14H15O2P/c1-17(15,16)14(12-8-4-2-5-9-12)13-10-6-3-7-11-13/h2-11,14H,1H3,(H,15,16). The Bertz CT molecular complexity index is 477. The molecule has 0 bridgehead atoms. The maximum Gasteiger partial charge on any atom is 0.209 e. The van der Waals surface area contributed by atoms with Crippen LogP contribution in [-0.4, -0.2) is 11.6 Å². The van der Waals surface area contributed by atoms with Gasteiger partial charge in [0.2, 0.25) is 7.37 Å². The molecule has 0 spiro atoms. The van der Waals surface area contributed by atoms with Gasteiger partial charge in [-0.05, 0) is 11.1 Å². The number of benzene rings is 2. The molecule has 0 aliphatic heterocycles. The van der Waals surface area contributed by atoms with Crippen molar-refractivity contribution in [1.29, 1.82) is 0 Å². The SMILES string of the molecule is CP(=O)(O)C(c1ccccc1)c1ccccc1. The molecular formula is C14H15O2P. The molecule has 17 heavy (non-hydrogen) atoms. The van der Waals surface area contributed by atoms with Crippen LogP contribution in [-0.2, 0) is 4.57 Å². The third kappa shape index (κ3) is 2.85. The second-order valence-corrected chi connectivity index (χ2v) is 6.57. The minimum absolute atomic E-state index is 0.440. The highest BCUT2D eigenvalue weighted by Gasteiger charge is 2.28. The summed E-state index contributed by atoms with van der Waals surface area (Å²) in [4.78, 5) is 9.94. The van der Waals surface area contributed by atoms with Crippen molar-refractivity contribution in [3.05, 3.63) is 71.8 Å². The third-order valence-corrected chi connectivity index (χ3v) is 4.26. The highest BCUT2D eigenvalue weighted by Crippen LogP contribution is 2.55. The van der Waals surface area contributed by atoms with E-state index in [-0.39, 0.29) is 0 Å². The molecule has 2 aromatic rings. The fourth-order valence-electron chi connectivity index (χ4n) is 2.02. The van der Waals surface area contributed by atoms with Gasteiger partial charge < -0.3 is 4.89 Å². The van der Waals surface area contributed by atoms with Crippen molar-refractivity contribution in [3.8, 4) is 0 Å². The zero-order valence-electron chi connectivity index (χ0n) is 9.65. The van der Waals surface area contributed by atoms with E-state index in [2.05, 4.69) is 0 Å². The minimum atomic E-state index is -3.22. The maximum absolute atomic E-state index is 12.1. The van der Waals surface area contributed by atoms with Crippen LogP contribution in [0.3, 0.4) is 0 Å². The lowest BCUT2D eigenvalue weighted by Crippen LogP contribution is -2.01. The van der Waals surface area contributed by atoms with Gasteiger partial charge in [-0.15, -0.1) is 0 Å². The summed E-state index contributed by atoms with van der Waals surface area (Å²) < 4.78 is 12.1. The number of rotatable bonds is 3. The second kappa shape index (κ2) is 4.87. The first-order chi connectivity index (χ1) is 8.09. The van der Waals surface area contributed by atoms with E-state index in [0.717, 1.165) is 11.1 Å². The number of hydrogen-bond donors (Lipinski definition) is 1. The van der Waals surface area contributed by atoms with Crippen LogP contribution in [0.5, 0.6) is 0 Å². The summed E-state index contributed by atoms with van der Waals surface area (Å²) in [6.07, 6.45) is 0. The van der Waals surface area contributed by atoms with Crippen LogP contribution in [0.1, 0.15) is 16.8 Å². The topological polar surface area (TPSA) is 37.3 Å². The third-order valence-electron chi connectivity index (χ3n) is 2.71. The normalized spacial score (nSPS) is 14.5. The Morgan fingerprint density at radius 2 is 1.24 bits per heavy atom. The monoisotopic (exact) mass is 246 g/mol. The van der Waals surface area contributed by atoms with Gasteiger partial charge in [-0.2, -0.15) is 0 Å². The predicted molar refractivity (Wildman–Crippen MR) is 70.5 cm³/mol. The van der Waals surface area contributed by atoms with Gasteiger partial charge in [-0.1, -0.05) is 60.7 Å². The van der Waals surface area contributed by atoms with Gasteiger partial charge in [-0.3, -0.25) is 4.57 Å². The molecular weight excluding hydrogens is 231 g/mol. The lowest BCUT2D eigenvalue weighted by atomic mass is 10.0. The van der Waals surface area contributed by atoms with Crippen LogP contribution >= 0.6 is 7.37 Å². The van der Waals surface area contributed by atoms with Crippen LogP contribution in [0.15, 0.2) is 60.7 Å². The Kier molecular flexibility index (Phi) is 3.46. The van der Waals surface area contributed by atoms with Gasteiger partial charge in [0.05, 0.1) is 5.66 Å². The minimum Gasteiger partial charge on any atom is -0.344 e. The summed E-state index contributed by atoms with van der Waals surface area (Å²) in [5.41, 5.74) is 1.32. The average molecular weight is 246 g/mol. The molecule has 0 heterocycles. The average Bonchev–Trinajstić information content (AvgIpc) is 2.30. The van der Waals surface area contributed by atoms with Gasteiger partial charge in [0.1, 0.15) is 0 Å². The van der Waals surface area contributed by atoms with Crippen molar-refractivity contribution in [1.82, 2.24) is 0 Å². The Balaban J connectivity index is 2.52. The van der Waals surface area contributed by atoms with Gasteiger partial charge in [0.25, 0.3) is 0 Å². The molecule has 1 unspecified atom stereocenters. The number of hydrogen-bond acceptors (Lipinski definition) is 1. The van der Waals surface area contributed by atoms with Crippen LogP contribution in [0.2, 0.25) is 0 Å². The molecule has 0 aliphatic carbocycles. The molecule has 3 heteroatoms. The van der Waals surface area contributed by atoms with Gasteiger partial charge in [0.15, 0.2) is 0 Å². The van der Waals surface area contributed by atoms with E-state index in [1.807, 2.05) is 60.7 Å². The zero-order valence-corrected chi connectivity index (χ0v) is 10.5. The molecule has 2 aromatic carbocycles. The van der Waals surface area contributed by atoms with E-state index in [1.165, 1.54) is 6.66 Å². The smallest absolute Gasteiger partial charge is 0.209 e. The van der Waals surface area contributed by atoms with Crippen LogP contribution in [0.4, 0.5) is 0 Å². The predicted octanol–water partition coefficient (Wildman–Crippen LogP) is 3.68. The molecule has 0 amide bonds. The lowest BCUT2D eigenvalue weighted by Gasteiger charge is -2.20. The van der Waals surface area contributed by atoms with E-state index < -0.39 is 13.0 Å². The fourth-order valence-corrected chi connectivity index (χ4v) is 3.47. The van der Waals surface area contributed by atoms with Crippen LogP contribution < -0.4 is 0 Å². The first-order valence-corrected chi connectivity index (χ1v) is 7.66.